The summed E-state index contributed by atoms with van der Waals surface area (Å²) in [7, 11) is 0. The maximum Gasteiger partial charge on any atom is 0.157 e. The molecule has 2 nitrogen and oxygen atoms in total. The van der Waals surface area contributed by atoms with E-state index in [9.17, 15) is 0 Å². The lowest BCUT2D eigenvalue weighted by atomic mass is 9.75. The molecule has 100 valence electrons. The summed E-state index contributed by atoms with van der Waals surface area (Å²) >= 11 is 0. The second kappa shape index (κ2) is 6.19. The van der Waals surface area contributed by atoms with Gasteiger partial charge in [0.25, 0.3) is 0 Å². The van der Waals surface area contributed by atoms with E-state index in [4.69, 9.17) is 9.47 Å². The molecule has 1 aliphatic heterocycles. The van der Waals surface area contributed by atoms with Gasteiger partial charge in [0.2, 0.25) is 0 Å². The van der Waals surface area contributed by atoms with Gasteiger partial charge in [-0.1, -0.05) is 27.2 Å². The van der Waals surface area contributed by atoms with Crippen LogP contribution in [0.1, 0.15) is 59.3 Å². The highest BCUT2D eigenvalue weighted by Crippen LogP contribution is 2.36. The van der Waals surface area contributed by atoms with Crippen molar-refractivity contribution in [3.8, 4) is 0 Å². The Kier molecular flexibility index (Phi) is 4.87. The van der Waals surface area contributed by atoms with E-state index in [0.717, 1.165) is 30.8 Å². The van der Waals surface area contributed by atoms with E-state index in [2.05, 4.69) is 20.8 Å². The van der Waals surface area contributed by atoms with Gasteiger partial charge in [-0.05, 0) is 49.9 Å². The predicted molar refractivity (Wildman–Crippen MR) is 69.8 cm³/mol. The van der Waals surface area contributed by atoms with E-state index in [1.54, 1.807) is 0 Å². The first kappa shape index (κ1) is 13.4. The molecule has 0 radical (unpaired) electrons. The third-order valence-corrected chi connectivity index (χ3v) is 4.43. The zero-order valence-electron chi connectivity index (χ0n) is 11.7. The fraction of sp³-hybridized carbons (Fsp3) is 1.00. The third-order valence-electron chi connectivity index (χ3n) is 4.43. The molecule has 2 fully saturated rings. The van der Waals surface area contributed by atoms with Crippen LogP contribution in [0.3, 0.4) is 0 Å². The molecule has 0 N–H and O–H groups in total. The van der Waals surface area contributed by atoms with Crippen LogP contribution in [0.25, 0.3) is 0 Å². The molecule has 0 amide bonds. The van der Waals surface area contributed by atoms with Gasteiger partial charge in [-0.2, -0.15) is 0 Å². The van der Waals surface area contributed by atoms with Crippen LogP contribution in [-0.4, -0.2) is 19.0 Å². The Morgan fingerprint density at radius 1 is 1.12 bits per heavy atom. The Labute approximate surface area is 106 Å². The first-order chi connectivity index (χ1) is 8.16. The minimum Gasteiger partial charge on any atom is -0.353 e. The Bertz CT molecular complexity index is 221. The van der Waals surface area contributed by atoms with E-state index in [1.165, 1.54) is 32.1 Å². The summed E-state index contributed by atoms with van der Waals surface area (Å²) in [5.41, 5.74) is 0. The second-order valence-electron chi connectivity index (χ2n) is 6.30. The molecule has 2 aliphatic rings. The minimum atomic E-state index is 0.0836. The van der Waals surface area contributed by atoms with Gasteiger partial charge >= 0.3 is 0 Å². The highest BCUT2D eigenvalue weighted by atomic mass is 16.7. The van der Waals surface area contributed by atoms with Gasteiger partial charge in [0.1, 0.15) is 0 Å². The number of rotatable bonds is 3. The highest BCUT2D eigenvalue weighted by Gasteiger charge is 2.33. The molecular weight excluding hydrogens is 212 g/mol. The molecule has 2 heteroatoms. The number of ether oxygens (including phenoxy) is 2. The van der Waals surface area contributed by atoms with Crippen LogP contribution in [0.5, 0.6) is 0 Å². The van der Waals surface area contributed by atoms with Gasteiger partial charge in [0.15, 0.2) is 6.29 Å². The van der Waals surface area contributed by atoms with Gasteiger partial charge in [-0.15, -0.1) is 0 Å². The molecule has 2 rings (SSSR count). The first-order valence-electron chi connectivity index (χ1n) is 7.44. The number of hydrogen-bond acceptors (Lipinski definition) is 2. The van der Waals surface area contributed by atoms with Crippen molar-refractivity contribution in [3.63, 3.8) is 0 Å². The maximum absolute atomic E-state index is 6.25. The van der Waals surface area contributed by atoms with Gasteiger partial charge < -0.3 is 9.47 Å². The zero-order chi connectivity index (χ0) is 12.3. The van der Waals surface area contributed by atoms with Crippen LogP contribution < -0.4 is 0 Å². The Morgan fingerprint density at radius 2 is 1.94 bits per heavy atom. The highest BCUT2D eigenvalue weighted by molar-refractivity contribution is 4.81. The molecule has 0 bridgehead atoms. The molecule has 2 unspecified atom stereocenters. The molecule has 17 heavy (non-hydrogen) atoms. The molecule has 1 heterocycles. The van der Waals surface area contributed by atoms with E-state index in [1.807, 2.05) is 0 Å². The summed E-state index contributed by atoms with van der Waals surface area (Å²) in [5.74, 6) is 2.28. The Balaban J connectivity index is 1.89. The lowest BCUT2D eigenvalue weighted by molar-refractivity contribution is -0.210. The average Bonchev–Trinajstić information content (AvgIpc) is 2.30. The van der Waals surface area contributed by atoms with Crippen molar-refractivity contribution in [2.75, 3.05) is 6.61 Å². The van der Waals surface area contributed by atoms with Crippen LogP contribution >= 0.6 is 0 Å². The topological polar surface area (TPSA) is 18.5 Å². The van der Waals surface area contributed by atoms with Crippen LogP contribution in [0, 0.1) is 17.8 Å². The van der Waals surface area contributed by atoms with E-state index in [-0.39, 0.29) is 6.29 Å². The monoisotopic (exact) mass is 240 g/mol. The van der Waals surface area contributed by atoms with Gasteiger partial charge in [0.05, 0.1) is 6.10 Å². The van der Waals surface area contributed by atoms with Gasteiger partial charge in [-0.3, -0.25) is 0 Å². The molecule has 1 saturated heterocycles. The SMILES string of the molecule is CC(C)[C@@H]1CC[C@@H](C)CC1OC1CCCCO1. The fourth-order valence-corrected chi connectivity index (χ4v) is 3.28. The summed E-state index contributed by atoms with van der Waals surface area (Å²) in [6.07, 6.45) is 8.00. The van der Waals surface area contributed by atoms with E-state index < -0.39 is 0 Å². The average molecular weight is 240 g/mol. The van der Waals surface area contributed by atoms with Crippen LogP contribution in [-0.2, 0) is 9.47 Å². The summed E-state index contributed by atoms with van der Waals surface area (Å²) in [4.78, 5) is 0. The summed E-state index contributed by atoms with van der Waals surface area (Å²) in [5, 5.41) is 0. The minimum absolute atomic E-state index is 0.0836. The quantitative estimate of drug-likeness (QED) is 0.742. The Hall–Kier alpha value is -0.0800. The zero-order valence-corrected chi connectivity index (χ0v) is 11.7. The first-order valence-corrected chi connectivity index (χ1v) is 7.44. The fourth-order valence-electron chi connectivity index (χ4n) is 3.28. The van der Waals surface area contributed by atoms with Gasteiger partial charge in [0, 0.05) is 6.61 Å². The van der Waals surface area contributed by atoms with E-state index >= 15 is 0 Å². The Morgan fingerprint density at radius 3 is 2.59 bits per heavy atom. The third kappa shape index (κ3) is 3.69. The van der Waals surface area contributed by atoms with Crippen molar-refractivity contribution in [2.45, 2.75) is 71.7 Å². The van der Waals surface area contributed by atoms with E-state index in [0.29, 0.717) is 6.10 Å². The molecular formula is C15H28O2. The van der Waals surface area contributed by atoms with Crippen molar-refractivity contribution in [1.82, 2.24) is 0 Å². The predicted octanol–water partition coefficient (Wildman–Crippen LogP) is 3.99. The molecule has 1 saturated carbocycles. The largest absolute Gasteiger partial charge is 0.353 e. The molecule has 0 aromatic rings. The van der Waals surface area contributed by atoms with Crippen molar-refractivity contribution < 1.29 is 9.47 Å². The van der Waals surface area contributed by atoms with Crippen molar-refractivity contribution in [3.05, 3.63) is 0 Å². The summed E-state index contributed by atoms with van der Waals surface area (Å²) in [6, 6.07) is 0. The molecule has 1 aliphatic carbocycles. The second-order valence-corrected chi connectivity index (χ2v) is 6.30. The molecule has 4 atom stereocenters. The van der Waals surface area contributed by atoms with Crippen LogP contribution in [0.4, 0.5) is 0 Å². The van der Waals surface area contributed by atoms with Crippen LogP contribution in [0.15, 0.2) is 0 Å². The van der Waals surface area contributed by atoms with Crippen molar-refractivity contribution in [2.24, 2.45) is 17.8 Å². The maximum atomic E-state index is 6.25. The smallest absolute Gasteiger partial charge is 0.157 e. The van der Waals surface area contributed by atoms with Crippen molar-refractivity contribution in [1.29, 1.82) is 0 Å². The lowest BCUT2D eigenvalue weighted by Gasteiger charge is -2.39. The van der Waals surface area contributed by atoms with Gasteiger partial charge in [-0.25, -0.2) is 0 Å². The lowest BCUT2D eigenvalue weighted by Crippen LogP contribution is -2.38. The molecule has 0 aromatic carbocycles. The van der Waals surface area contributed by atoms with Crippen molar-refractivity contribution >= 4 is 0 Å². The normalized spacial score (nSPS) is 39.5. The standard InChI is InChI=1S/C15H28O2/c1-11(2)13-8-7-12(3)10-14(13)17-15-6-4-5-9-16-15/h11-15H,4-10H2,1-3H3/t12-,13+,14?,15?/m1/s1. The molecule has 0 spiro atoms. The number of hydrogen-bond donors (Lipinski definition) is 0. The summed E-state index contributed by atoms with van der Waals surface area (Å²) in [6.45, 7) is 7.91. The van der Waals surface area contributed by atoms with Crippen LogP contribution in [0.2, 0.25) is 0 Å². The summed E-state index contributed by atoms with van der Waals surface area (Å²) < 4.78 is 12.0. The molecule has 0 aromatic heterocycles.